The number of alkyl halides is 3. The van der Waals surface area contributed by atoms with E-state index in [4.69, 9.17) is 0 Å². The molecule has 1 heterocycles. The summed E-state index contributed by atoms with van der Waals surface area (Å²) in [5.74, 6) is -1.53. The van der Waals surface area contributed by atoms with Crippen LogP contribution in [0.4, 0.5) is 13.2 Å². The van der Waals surface area contributed by atoms with Crippen LogP contribution in [-0.4, -0.2) is 42.5 Å². The fraction of sp³-hybridized carbons (Fsp3) is 0.462. The first kappa shape index (κ1) is 16.9. The van der Waals surface area contributed by atoms with Crippen molar-refractivity contribution in [3.63, 3.8) is 0 Å². The number of amides is 1. The Bertz CT molecular complexity index is 514. The molecule has 0 saturated carbocycles. The van der Waals surface area contributed by atoms with Crippen molar-refractivity contribution in [2.75, 3.05) is 20.7 Å². The summed E-state index contributed by atoms with van der Waals surface area (Å²) in [5, 5.41) is 0. The Morgan fingerprint density at radius 1 is 1.38 bits per heavy atom. The van der Waals surface area contributed by atoms with Crippen molar-refractivity contribution in [2.45, 2.75) is 13.1 Å². The molecular weight excluding hydrogens is 289 g/mol. The van der Waals surface area contributed by atoms with Gasteiger partial charge < -0.3 is 9.64 Å². The average Bonchev–Trinajstić information content (AvgIpc) is 2.44. The van der Waals surface area contributed by atoms with Gasteiger partial charge in [0.15, 0.2) is 0 Å². The molecule has 0 fully saturated rings. The third kappa shape index (κ3) is 4.44. The van der Waals surface area contributed by atoms with Gasteiger partial charge in [0.05, 0.1) is 18.6 Å². The predicted octanol–water partition coefficient (Wildman–Crippen LogP) is 1.98. The van der Waals surface area contributed by atoms with Crippen LogP contribution in [0.25, 0.3) is 0 Å². The Morgan fingerprint density at radius 3 is 2.43 bits per heavy atom. The monoisotopic (exact) mass is 304 g/mol. The highest BCUT2D eigenvalue weighted by molar-refractivity contribution is 5.94. The molecule has 0 N–H and O–H groups in total. The van der Waals surface area contributed by atoms with Gasteiger partial charge in [-0.25, -0.2) is 0 Å². The maximum Gasteiger partial charge on any atom is 0.433 e. The summed E-state index contributed by atoms with van der Waals surface area (Å²) in [7, 11) is 2.68. The van der Waals surface area contributed by atoms with E-state index in [0.29, 0.717) is 0 Å². The van der Waals surface area contributed by atoms with Gasteiger partial charge in [0.1, 0.15) is 5.69 Å². The molecule has 0 radical (unpaired) electrons. The Labute approximate surface area is 119 Å². The fourth-order valence-electron chi connectivity index (χ4n) is 1.68. The van der Waals surface area contributed by atoms with E-state index in [0.717, 1.165) is 18.3 Å². The van der Waals surface area contributed by atoms with E-state index in [1.54, 1.807) is 6.92 Å². The number of carbonyl (C=O) groups is 2. The number of hydrogen-bond acceptors (Lipinski definition) is 4. The number of esters is 1. The van der Waals surface area contributed by atoms with Crippen molar-refractivity contribution in [3.05, 3.63) is 29.6 Å². The summed E-state index contributed by atoms with van der Waals surface area (Å²) in [6.07, 6.45) is -3.68. The molecule has 0 aromatic carbocycles. The Morgan fingerprint density at radius 2 is 2.00 bits per heavy atom. The third-order valence-electron chi connectivity index (χ3n) is 2.80. The second-order valence-electron chi connectivity index (χ2n) is 4.54. The van der Waals surface area contributed by atoms with Gasteiger partial charge in [0.25, 0.3) is 5.91 Å². The minimum Gasteiger partial charge on any atom is -0.469 e. The number of methoxy groups -OCH3 is 1. The summed E-state index contributed by atoms with van der Waals surface area (Å²) >= 11 is 0. The quantitative estimate of drug-likeness (QED) is 0.798. The lowest BCUT2D eigenvalue weighted by Crippen LogP contribution is -2.34. The Hall–Kier alpha value is -2.12. The van der Waals surface area contributed by atoms with Gasteiger partial charge in [0.2, 0.25) is 0 Å². The maximum absolute atomic E-state index is 12.4. The second kappa shape index (κ2) is 6.55. The van der Waals surface area contributed by atoms with E-state index in [2.05, 4.69) is 9.72 Å². The molecule has 0 aliphatic carbocycles. The average molecular weight is 304 g/mol. The number of nitrogens with zero attached hydrogens (tertiary/aromatic N) is 2. The predicted molar refractivity (Wildman–Crippen MR) is 67.4 cm³/mol. The van der Waals surface area contributed by atoms with Crippen LogP contribution in [-0.2, 0) is 15.7 Å². The zero-order valence-electron chi connectivity index (χ0n) is 11.8. The number of pyridine rings is 1. The van der Waals surface area contributed by atoms with E-state index in [1.165, 1.54) is 19.1 Å². The summed E-state index contributed by atoms with van der Waals surface area (Å²) in [5.41, 5.74) is -1.05. The van der Waals surface area contributed by atoms with E-state index >= 15 is 0 Å². The van der Waals surface area contributed by atoms with Crippen LogP contribution < -0.4 is 0 Å². The summed E-state index contributed by atoms with van der Waals surface area (Å²) in [6, 6.07) is 1.79. The third-order valence-corrected chi connectivity index (χ3v) is 2.80. The van der Waals surface area contributed by atoms with Gasteiger partial charge in [-0.2, -0.15) is 13.2 Å². The van der Waals surface area contributed by atoms with Gasteiger partial charge in [-0.15, -0.1) is 0 Å². The minimum atomic E-state index is -4.55. The van der Waals surface area contributed by atoms with E-state index in [-0.39, 0.29) is 12.1 Å². The number of halogens is 3. The van der Waals surface area contributed by atoms with E-state index < -0.39 is 29.7 Å². The van der Waals surface area contributed by atoms with Crippen LogP contribution >= 0.6 is 0 Å². The molecule has 8 heteroatoms. The normalized spacial score (nSPS) is 12.7. The first-order valence-corrected chi connectivity index (χ1v) is 6.03. The van der Waals surface area contributed by atoms with Crippen LogP contribution in [0.5, 0.6) is 0 Å². The number of carbonyl (C=O) groups excluding carboxylic acids is 2. The summed E-state index contributed by atoms with van der Waals surface area (Å²) in [4.78, 5) is 27.7. The highest BCUT2D eigenvalue weighted by atomic mass is 19.4. The number of hydrogen-bond donors (Lipinski definition) is 0. The standard InChI is InChI=1S/C13H15F3N2O3/c1-8(12(20)21-3)7-18(2)11(19)9-4-5-10(17-6-9)13(14,15)16/h4-6,8H,7H2,1-3H3. The lowest BCUT2D eigenvalue weighted by molar-refractivity contribution is -0.145. The lowest BCUT2D eigenvalue weighted by Gasteiger charge is -2.20. The van der Waals surface area contributed by atoms with Crippen molar-refractivity contribution in [2.24, 2.45) is 5.92 Å². The smallest absolute Gasteiger partial charge is 0.433 e. The molecule has 0 saturated heterocycles. The highest BCUT2D eigenvalue weighted by Crippen LogP contribution is 2.27. The number of aromatic nitrogens is 1. The molecule has 1 aromatic heterocycles. The molecular formula is C13H15F3N2O3. The largest absolute Gasteiger partial charge is 0.469 e. The van der Waals surface area contributed by atoms with E-state index in [9.17, 15) is 22.8 Å². The molecule has 116 valence electrons. The van der Waals surface area contributed by atoms with Crippen molar-refractivity contribution in [1.82, 2.24) is 9.88 Å². The minimum absolute atomic E-state index is 0.0163. The van der Waals surface area contributed by atoms with Crippen LogP contribution in [0.15, 0.2) is 18.3 Å². The van der Waals surface area contributed by atoms with Crippen LogP contribution in [0.1, 0.15) is 23.0 Å². The highest BCUT2D eigenvalue weighted by Gasteiger charge is 2.32. The molecule has 0 bridgehead atoms. The topological polar surface area (TPSA) is 59.5 Å². The van der Waals surface area contributed by atoms with Gasteiger partial charge in [0, 0.05) is 19.8 Å². The van der Waals surface area contributed by atoms with Gasteiger partial charge in [-0.1, -0.05) is 6.92 Å². The molecule has 0 aliphatic heterocycles. The molecule has 0 aliphatic rings. The Kier molecular flexibility index (Phi) is 5.28. The molecule has 1 aromatic rings. The zero-order chi connectivity index (χ0) is 16.2. The lowest BCUT2D eigenvalue weighted by atomic mass is 10.1. The van der Waals surface area contributed by atoms with Gasteiger partial charge >= 0.3 is 12.1 Å². The van der Waals surface area contributed by atoms with Crippen molar-refractivity contribution in [3.8, 4) is 0 Å². The SMILES string of the molecule is COC(=O)C(C)CN(C)C(=O)c1ccc(C(F)(F)F)nc1. The molecule has 21 heavy (non-hydrogen) atoms. The zero-order valence-corrected chi connectivity index (χ0v) is 11.8. The molecule has 5 nitrogen and oxygen atoms in total. The molecule has 1 atom stereocenters. The summed E-state index contributed by atoms with van der Waals surface area (Å²) in [6.45, 7) is 1.67. The van der Waals surface area contributed by atoms with Crippen molar-refractivity contribution in [1.29, 1.82) is 0 Å². The number of ether oxygens (including phenoxy) is 1. The van der Waals surface area contributed by atoms with Crippen molar-refractivity contribution < 1.29 is 27.5 Å². The van der Waals surface area contributed by atoms with Crippen LogP contribution in [0, 0.1) is 5.92 Å². The maximum atomic E-state index is 12.4. The van der Waals surface area contributed by atoms with Gasteiger partial charge in [-0.05, 0) is 12.1 Å². The molecule has 1 amide bonds. The summed E-state index contributed by atoms with van der Waals surface area (Å²) < 4.78 is 41.6. The van der Waals surface area contributed by atoms with Crippen molar-refractivity contribution >= 4 is 11.9 Å². The van der Waals surface area contributed by atoms with Gasteiger partial charge in [-0.3, -0.25) is 14.6 Å². The second-order valence-corrected chi connectivity index (χ2v) is 4.54. The Balaban J connectivity index is 2.77. The van der Waals surface area contributed by atoms with Crippen LogP contribution in [0.2, 0.25) is 0 Å². The van der Waals surface area contributed by atoms with Crippen LogP contribution in [0.3, 0.4) is 0 Å². The first-order valence-electron chi connectivity index (χ1n) is 6.03. The first-order chi connectivity index (χ1) is 9.66. The fourth-order valence-corrected chi connectivity index (χ4v) is 1.68. The molecule has 1 rings (SSSR count). The number of rotatable bonds is 4. The molecule has 0 spiro atoms. The molecule has 1 unspecified atom stereocenters. The van der Waals surface area contributed by atoms with E-state index in [1.807, 2.05) is 0 Å².